The van der Waals surface area contributed by atoms with Crippen molar-refractivity contribution >= 4 is 58.5 Å². The van der Waals surface area contributed by atoms with Crippen LogP contribution in [0.1, 0.15) is 11.3 Å². The predicted octanol–water partition coefficient (Wildman–Crippen LogP) is 2.99. The van der Waals surface area contributed by atoms with E-state index in [0.717, 1.165) is 33.5 Å². The number of nitrogens with one attached hydrogen (secondary N) is 2. The summed E-state index contributed by atoms with van der Waals surface area (Å²) in [4.78, 5) is 8.26. The van der Waals surface area contributed by atoms with Gasteiger partial charge in [0.25, 0.3) is 0 Å². The van der Waals surface area contributed by atoms with E-state index in [0.29, 0.717) is 11.4 Å². The van der Waals surface area contributed by atoms with Crippen molar-refractivity contribution < 1.29 is 16.8 Å². The zero-order chi connectivity index (χ0) is 27.3. The first-order chi connectivity index (χ1) is 18.3. The summed E-state index contributed by atoms with van der Waals surface area (Å²) in [6, 6.07) is 21.0. The minimum Gasteiger partial charge on any atom is -0.399 e. The molecule has 1 radical (unpaired) electrons. The molecule has 2 heterocycles. The Kier molecular flexibility index (Phi) is 12.4. The molecule has 10 N–H and O–H groups in total. The van der Waals surface area contributed by atoms with Gasteiger partial charge in [-0.2, -0.15) is 10.2 Å². The molecule has 0 aliphatic heterocycles. The second-order valence-corrected chi connectivity index (χ2v) is 8.53. The van der Waals surface area contributed by atoms with Crippen LogP contribution in [0, 0.1) is 0 Å². The van der Waals surface area contributed by atoms with Gasteiger partial charge >= 0.3 is 0 Å². The molecule has 0 saturated heterocycles. The van der Waals surface area contributed by atoms with E-state index in [-0.39, 0.29) is 27.0 Å². The monoisotopic (exact) mass is 601 g/mol. The summed E-state index contributed by atoms with van der Waals surface area (Å²) in [7, 11) is 0. The molecule has 0 atom stereocenters. The van der Waals surface area contributed by atoms with Crippen molar-refractivity contribution in [1.29, 1.82) is 0 Å². The fraction of sp³-hybridized carbons (Fsp3) is 0. The van der Waals surface area contributed by atoms with Gasteiger partial charge in [-0.05, 0) is 89.2 Å². The molecule has 2 aromatic carbocycles. The maximum Gasteiger partial charge on any atom is 0.184 e. The standard InChI is InChI=1S/2C13H13N5S.Co/c14-11-3-1-2-9(6-11)12-4-5-16-7-10(12)8-17-18-13(15)19;14-11-3-1-2-9(6-11)10-4-5-16-12(7-10)8-17-18-13(15)19;/h2*1-8H,14H2,(H3,15,18,19);. The average molecular weight is 602 g/mol. The number of pyridine rings is 2. The van der Waals surface area contributed by atoms with Gasteiger partial charge in [0.05, 0.1) is 18.1 Å². The molecule has 0 saturated carbocycles. The van der Waals surface area contributed by atoms with E-state index in [2.05, 4.69) is 55.5 Å². The predicted molar refractivity (Wildman–Crippen MR) is 163 cm³/mol. The number of rotatable bonds is 6. The van der Waals surface area contributed by atoms with Crippen LogP contribution in [-0.2, 0) is 16.8 Å². The molecule has 13 heteroatoms. The molecule has 0 bridgehead atoms. The van der Waals surface area contributed by atoms with Gasteiger partial charge in [-0.3, -0.25) is 20.8 Å². The minimum atomic E-state index is 0. The van der Waals surface area contributed by atoms with Crippen molar-refractivity contribution in [3.63, 3.8) is 0 Å². The Morgan fingerprint density at radius 3 is 1.97 bits per heavy atom. The van der Waals surface area contributed by atoms with Crippen molar-refractivity contribution in [3.8, 4) is 22.3 Å². The van der Waals surface area contributed by atoms with E-state index in [1.807, 2.05) is 66.7 Å². The number of nitrogen functional groups attached to an aromatic ring is 2. The Balaban J connectivity index is 0.000000267. The molecule has 0 fully saturated rings. The molecular formula is C26H26CoN10S2. The first-order valence-electron chi connectivity index (χ1n) is 11.1. The maximum atomic E-state index is 5.79. The average Bonchev–Trinajstić information content (AvgIpc) is 2.89. The SMILES string of the molecule is NC(=S)NN=Cc1cc(-c2cccc(N)c2)ccn1.NC(=S)NN=Cc1cnccc1-c1cccc(N)c1.[Co]. The Morgan fingerprint density at radius 2 is 1.33 bits per heavy atom. The first kappa shape index (κ1) is 30.8. The summed E-state index contributed by atoms with van der Waals surface area (Å²) in [5.41, 5.74) is 34.1. The van der Waals surface area contributed by atoms with Crippen LogP contribution < -0.4 is 33.8 Å². The molecule has 4 aromatic rings. The number of anilines is 2. The number of hydrazone groups is 2. The molecule has 201 valence electrons. The summed E-state index contributed by atoms with van der Waals surface area (Å²) in [5, 5.41) is 8.03. The van der Waals surface area contributed by atoms with Crippen LogP contribution in [0.2, 0.25) is 0 Å². The van der Waals surface area contributed by atoms with E-state index in [1.54, 1.807) is 31.0 Å². The van der Waals surface area contributed by atoms with E-state index in [1.165, 1.54) is 0 Å². The summed E-state index contributed by atoms with van der Waals surface area (Å²) < 4.78 is 0. The Morgan fingerprint density at radius 1 is 0.744 bits per heavy atom. The number of nitrogens with two attached hydrogens (primary N) is 4. The summed E-state index contributed by atoms with van der Waals surface area (Å²) in [6.07, 6.45) is 8.31. The van der Waals surface area contributed by atoms with Gasteiger partial charge in [-0.1, -0.05) is 24.3 Å². The zero-order valence-corrected chi connectivity index (χ0v) is 23.2. The van der Waals surface area contributed by atoms with E-state index in [4.69, 9.17) is 22.9 Å². The van der Waals surface area contributed by atoms with Crippen LogP contribution in [-0.4, -0.2) is 32.6 Å². The van der Waals surface area contributed by atoms with Gasteiger partial charge in [0, 0.05) is 52.3 Å². The van der Waals surface area contributed by atoms with Gasteiger partial charge in [0.15, 0.2) is 10.2 Å². The fourth-order valence-electron chi connectivity index (χ4n) is 3.22. The normalized spacial score (nSPS) is 10.3. The third-order valence-electron chi connectivity index (χ3n) is 4.80. The molecule has 39 heavy (non-hydrogen) atoms. The van der Waals surface area contributed by atoms with Crippen LogP contribution in [0.25, 0.3) is 22.3 Å². The van der Waals surface area contributed by atoms with Gasteiger partial charge in [0.2, 0.25) is 0 Å². The van der Waals surface area contributed by atoms with Gasteiger partial charge in [-0.15, -0.1) is 0 Å². The number of benzene rings is 2. The minimum absolute atomic E-state index is 0. The number of nitrogens with zero attached hydrogens (tertiary/aromatic N) is 4. The van der Waals surface area contributed by atoms with E-state index < -0.39 is 0 Å². The molecular weight excluding hydrogens is 575 g/mol. The number of aromatic nitrogens is 2. The molecule has 2 aromatic heterocycles. The third-order valence-corrected chi connectivity index (χ3v) is 4.98. The van der Waals surface area contributed by atoms with Crippen LogP contribution in [0.3, 0.4) is 0 Å². The van der Waals surface area contributed by atoms with Crippen LogP contribution in [0.15, 0.2) is 95.5 Å². The topological polar surface area (TPSA) is 179 Å². The number of thiocarbonyl (C=S) groups is 2. The number of hydrogen-bond donors (Lipinski definition) is 6. The van der Waals surface area contributed by atoms with Gasteiger partial charge in [0.1, 0.15) is 0 Å². The van der Waals surface area contributed by atoms with E-state index in [9.17, 15) is 0 Å². The third kappa shape index (κ3) is 10.5. The summed E-state index contributed by atoms with van der Waals surface area (Å²) in [5.74, 6) is 0. The van der Waals surface area contributed by atoms with Crippen molar-refractivity contribution in [1.82, 2.24) is 20.8 Å². The van der Waals surface area contributed by atoms with Crippen molar-refractivity contribution in [2.24, 2.45) is 21.7 Å². The van der Waals surface area contributed by atoms with Crippen LogP contribution >= 0.6 is 24.4 Å². The molecule has 0 aliphatic carbocycles. The summed E-state index contributed by atoms with van der Waals surface area (Å²) >= 11 is 9.32. The molecule has 10 nitrogen and oxygen atoms in total. The smallest absolute Gasteiger partial charge is 0.184 e. The maximum absolute atomic E-state index is 5.79. The van der Waals surface area contributed by atoms with Crippen molar-refractivity contribution in [2.75, 3.05) is 11.5 Å². The van der Waals surface area contributed by atoms with Crippen LogP contribution in [0.4, 0.5) is 11.4 Å². The van der Waals surface area contributed by atoms with Crippen LogP contribution in [0.5, 0.6) is 0 Å². The van der Waals surface area contributed by atoms with Crippen molar-refractivity contribution in [3.05, 3.63) is 96.6 Å². The first-order valence-corrected chi connectivity index (χ1v) is 11.9. The largest absolute Gasteiger partial charge is 0.399 e. The Labute approximate surface area is 247 Å². The summed E-state index contributed by atoms with van der Waals surface area (Å²) in [6.45, 7) is 0. The van der Waals surface area contributed by atoms with Crippen molar-refractivity contribution in [2.45, 2.75) is 0 Å². The molecule has 0 aliphatic rings. The second-order valence-electron chi connectivity index (χ2n) is 7.65. The van der Waals surface area contributed by atoms with Gasteiger partial charge in [-0.25, -0.2) is 0 Å². The molecule has 0 spiro atoms. The van der Waals surface area contributed by atoms with E-state index >= 15 is 0 Å². The zero-order valence-electron chi connectivity index (χ0n) is 20.5. The quantitative estimate of drug-likeness (QED) is 0.0833. The Hall–Kier alpha value is -4.43. The van der Waals surface area contributed by atoms with Gasteiger partial charge < -0.3 is 22.9 Å². The Bertz CT molecular complexity index is 1480. The number of hydrogen-bond acceptors (Lipinski definition) is 8. The molecule has 0 unspecified atom stereocenters. The molecule has 0 amide bonds. The fourth-order valence-corrected chi connectivity index (χ4v) is 3.33. The second kappa shape index (κ2) is 15.7. The molecule has 4 rings (SSSR count).